The standard InChI is InChI=1S/C18H16FNO2/c1-2-20(15-6-4-3-5-7-15)18(21)10-13-12-22-17-9-8-14(19)11-16(13)17/h3-9,11-12H,2,10H2,1H3. The molecular weight excluding hydrogens is 281 g/mol. The normalized spacial score (nSPS) is 10.8. The van der Waals surface area contributed by atoms with E-state index in [1.165, 1.54) is 18.4 Å². The van der Waals surface area contributed by atoms with Crippen LogP contribution in [0.4, 0.5) is 10.1 Å². The average molecular weight is 297 g/mol. The van der Waals surface area contributed by atoms with E-state index in [0.717, 1.165) is 5.69 Å². The Morgan fingerprint density at radius 1 is 1.18 bits per heavy atom. The first kappa shape index (κ1) is 14.3. The molecule has 0 radical (unpaired) electrons. The molecule has 0 fully saturated rings. The van der Waals surface area contributed by atoms with Crippen LogP contribution in [0.3, 0.4) is 0 Å². The Labute approximate surface area is 128 Å². The molecule has 3 nitrogen and oxygen atoms in total. The van der Waals surface area contributed by atoms with Crippen molar-refractivity contribution >= 4 is 22.6 Å². The topological polar surface area (TPSA) is 33.5 Å². The number of rotatable bonds is 4. The van der Waals surface area contributed by atoms with E-state index in [2.05, 4.69) is 0 Å². The summed E-state index contributed by atoms with van der Waals surface area (Å²) in [6, 6.07) is 13.8. The molecule has 112 valence electrons. The molecule has 1 aromatic heterocycles. The number of benzene rings is 2. The smallest absolute Gasteiger partial charge is 0.231 e. The number of hydrogen-bond donors (Lipinski definition) is 0. The minimum absolute atomic E-state index is 0.0411. The van der Waals surface area contributed by atoms with Crippen molar-refractivity contribution in [1.29, 1.82) is 0 Å². The van der Waals surface area contributed by atoms with Crippen LogP contribution in [0.25, 0.3) is 11.0 Å². The molecular formula is C18H16FNO2. The van der Waals surface area contributed by atoms with Crippen LogP contribution in [0.5, 0.6) is 0 Å². The fourth-order valence-corrected chi connectivity index (χ4v) is 2.56. The summed E-state index contributed by atoms with van der Waals surface area (Å²) in [5.41, 5.74) is 2.15. The van der Waals surface area contributed by atoms with Crippen molar-refractivity contribution in [2.24, 2.45) is 0 Å². The van der Waals surface area contributed by atoms with Crippen LogP contribution in [0.15, 0.2) is 59.2 Å². The first-order valence-electron chi connectivity index (χ1n) is 7.20. The number of anilines is 1. The molecule has 1 amide bonds. The summed E-state index contributed by atoms with van der Waals surface area (Å²) >= 11 is 0. The predicted octanol–water partition coefficient (Wildman–Crippen LogP) is 4.17. The molecule has 0 aliphatic rings. The Balaban J connectivity index is 1.87. The van der Waals surface area contributed by atoms with Gasteiger partial charge in [0.15, 0.2) is 0 Å². The zero-order valence-electron chi connectivity index (χ0n) is 12.3. The van der Waals surface area contributed by atoms with Gasteiger partial charge in [0, 0.05) is 23.2 Å². The number of likely N-dealkylation sites (N-methyl/N-ethyl adjacent to an activating group) is 1. The van der Waals surface area contributed by atoms with E-state index in [9.17, 15) is 9.18 Å². The summed E-state index contributed by atoms with van der Waals surface area (Å²) < 4.78 is 18.8. The van der Waals surface area contributed by atoms with Crippen molar-refractivity contribution in [3.63, 3.8) is 0 Å². The van der Waals surface area contributed by atoms with Crippen LogP contribution >= 0.6 is 0 Å². The van der Waals surface area contributed by atoms with E-state index in [1.807, 2.05) is 37.3 Å². The van der Waals surface area contributed by atoms with E-state index in [-0.39, 0.29) is 18.1 Å². The Hall–Kier alpha value is -2.62. The van der Waals surface area contributed by atoms with Crippen LogP contribution in [0.2, 0.25) is 0 Å². The van der Waals surface area contributed by atoms with Crippen LogP contribution in [0.1, 0.15) is 12.5 Å². The van der Waals surface area contributed by atoms with Gasteiger partial charge in [0.2, 0.25) is 5.91 Å². The lowest BCUT2D eigenvalue weighted by molar-refractivity contribution is -0.117. The summed E-state index contributed by atoms with van der Waals surface area (Å²) in [6.45, 7) is 2.50. The summed E-state index contributed by atoms with van der Waals surface area (Å²) in [7, 11) is 0. The Morgan fingerprint density at radius 2 is 1.95 bits per heavy atom. The second-order valence-corrected chi connectivity index (χ2v) is 5.05. The maximum Gasteiger partial charge on any atom is 0.231 e. The molecule has 0 saturated carbocycles. The number of carbonyl (C=O) groups excluding carboxylic acids is 1. The molecule has 0 spiro atoms. The fourth-order valence-electron chi connectivity index (χ4n) is 2.56. The van der Waals surface area contributed by atoms with Crippen molar-refractivity contribution in [3.05, 3.63) is 66.2 Å². The van der Waals surface area contributed by atoms with Crippen molar-refractivity contribution in [1.82, 2.24) is 0 Å². The molecule has 1 heterocycles. The summed E-state index contributed by atoms with van der Waals surface area (Å²) in [6.07, 6.45) is 1.71. The van der Waals surface area contributed by atoms with Gasteiger partial charge in [-0.05, 0) is 37.3 Å². The molecule has 0 aliphatic carbocycles. The molecule has 0 aliphatic heterocycles. The minimum atomic E-state index is -0.335. The van der Waals surface area contributed by atoms with Crippen molar-refractivity contribution in [2.75, 3.05) is 11.4 Å². The molecule has 3 aromatic rings. The molecule has 3 rings (SSSR count). The van der Waals surface area contributed by atoms with E-state index >= 15 is 0 Å². The number of para-hydroxylation sites is 1. The van der Waals surface area contributed by atoms with Gasteiger partial charge >= 0.3 is 0 Å². The van der Waals surface area contributed by atoms with E-state index in [0.29, 0.717) is 23.1 Å². The van der Waals surface area contributed by atoms with Gasteiger partial charge in [-0.3, -0.25) is 4.79 Å². The second-order valence-electron chi connectivity index (χ2n) is 5.05. The second kappa shape index (κ2) is 6.02. The number of halogens is 1. The highest BCUT2D eigenvalue weighted by atomic mass is 19.1. The average Bonchev–Trinajstić information content (AvgIpc) is 2.91. The summed E-state index contributed by atoms with van der Waals surface area (Å²) in [4.78, 5) is 14.3. The Morgan fingerprint density at radius 3 is 2.68 bits per heavy atom. The Kier molecular flexibility index (Phi) is 3.92. The third-order valence-corrected chi connectivity index (χ3v) is 3.64. The van der Waals surface area contributed by atoms with Gasteiger partial charge in [-0.2, -0.15) is 0 Å². The molecule has 0 bridgehead atoms. The van der Waals surface area contributed by atoms with Gasteiger partial charge < -0.3 is 9.32 Å². The van der Waals surface area contributed by atoms with E-state index in [4.69, 9.17) is 4.42 Å². The first-order chi connectivity index (χ1) is 10.7. The van der Waals surface area contributed by atoms with Gasteiger partial charge in [-0.25, -0.2) is 4.39 Å². The quantitative estimate of drug-likeness (QED) is 0.724. The molecule has 4 heteroatoms. The number of nitrogens with zero attached hydrogens (tertiary/aromatic N) is 1. The summed E-state index contributed by atoms with van der Waals surface area (Å²) in [5, 5.41) is 0.650. The molecule has 0 atom stereocenters. The lowest BCUT2D eigenvalue weighted by Gasteiger charge is -2.20. The van der Waals surface area contributed by atoms with Crippen LogP contribution in [-0.2, 0) is 11.2 Å². The fraction of sp³-hybridized carbons (Fsp3) is 0.167. The van der Waals surface area contributed by atoms with Gasteiger partial charge in [0.05, 0.1) is 12.7 Å². The molecule has 0 unspecified atom stereocenters. The lowest BCUT2D eigenvalue weighted by atomic mass is 10.1. The first-order valence-corrected chi connectivity index (χ1v) is 7.20. The minimum Gasteiger partial charge on any atom is -0.464 e. The van der Waals surface area contributed by atoms with E-state index in [1.54, 1.807) is 11.0 Å². The number of fused-ring (bicyclic) bond motifs is 1. The maximum atomic E-state index is 13.4. The highest BCUT2D eigenvalue weighted by Gasteiger charge is 2.17. The molecule has 0 saturated heterocycles. The Bertz CT molecular complexity index is 795. The van der Waals surface area contributed by atoms with Crippen molar-refractivity contribution < 1.29 is 13.6 Å². The highest BCUT2D eigenvalue weighted by Crippen LogP contribution is 2.24. The monoisotopic (exact) mass is 297 g/mol. The summed E-state index contributed by atoms with van der Waals surface area (Å²) in [5.74, 6) is -0.376. The van der Waals surface area contributed by atoms with Gasteiger partial charge in [0.1, 0.15) is 11.4 Å². The molecule has 0 N–H and O–H groups in total. The molecule has 2 aromatic carbocycles. The predicted molar refractivity (Wildman–Crippen MR) is 84.3 cm³/mol. The SMILES string of the molecule is CCN(C(=O)Cc1coc2ccc(F)cc12)c1ccccc1. The zero-order valence-corrected chi connectivity index (χ0v) is 12.3. The number of hydrogen-bond acceptors (Lipinski definition) is 2. The van der Waals surface area contributed by atoms with Crippen LogP contribution in [0, 0.1) is 5.82 Å². The van der Waals surface area contributed by atoms with Crippen molar-refractivity contribution in [3.8, 4) is 0 Å². The van der Waals surface area contributed by atoms with E-state index < -0.39 is 0 Å². The third kappa shape index (κ3) is 2.72. The van der Waals surface area contributed by atoms with Gasteiger partial charge in [-0.15, -0.1) is 0 Å². The van der Waals surface area contributed by atoms with Crippen LogP contribution < -0.4 is 4.90 Å². The lowest BCUT2D eigenvalue weighted by Crippen LogP contribution is -2.31. The highest BCUT2D eigenvalue weighted by molar-refractivity contribution is 5.97. The van der Waals surface area contributed by atoms with Gasteiger partial charge in [0.25, 0.3) is 0 Å². The zero-order chi connectivity index (χ0) is 15.5. The van der Waals surface area contributed by atoms with Gasteiger partial charge in [-0.1, -0.05) is 18.2 Å². The number of furan rings is 1. The number of carbonyl (C=O) groups is 1. The maximum absolute atomic E-state index is 13.4. The van der Waals surface area contributed by atoms with Crippen LogP contribution in [-0.4, -0.2) is 12.5 Å². The van der Waals surface area contributed by atoms with Crippen molar-refractivity contribution in [2.45, 2.75) is 13.3 Å². The third-order valence-electron chi connectivity index (χ3n) is 3.64. The largest absolute Gasteiger partial charge is 0.464 e. The molecule has 22 heavy (non-hydrogen) atoms. The number of amides is 1.